The minimum Gasteiger partial charge on any atom is -0.491 e. The maximum Gasteiger partial charge on any atom is 0.310 e. The Morgan fingerprint density at radius 3 is 2.33 bits per heavy atom. The molecule has 6 heteroatoms. The van der Waals surface area contributed by atoms with Crippen molar-refractivity contribution in [3.8, 4) is 5.75 Å². The van der Waals surface area contributed by atoms with E-state index in [0.717, 1.165) is 5.69 Å². The van der Waals surface area contributed by atoms with Crippen molar-refractivity contribution >= 4 is 11.9 Å². The lowest BCUT2D eigenvalue weighted by atomic mass is 10.1. The molecule has 27 heavy (non-hydrogen) atoms. The molecule has 0 saturated heterocycles. The van der Waals surface area contributed by atoms with Gasteiger partial charge in [0.05, 0.1) is 31.4 Å². The van der Waals surface area contributed by atoms with E-state index in [1.54, 1.807) is 42.3 Å². The van der Waals surface area contributed by atoms with Crippen LogP contribution in [-0.2, 0) is 16.1 Å². The first-order valence-electron chi connectivity index (χ1n) is 8.94. The number of hydrogen-bond donors (Lipinski definition) is 0. The predicted molar refractivity (Wildman–Crippen MR) is 102 cm³/mol. The van der Waals surface area contributed by atoms with Gasteiger partial charge in [-0.15, -0.1) is 0 Å². The molecule has 1 aromatic carbocycles. The van der Waals surface area contributed by atoms with Crippen molar-refractivity contribution in [1.82, 2.24) is 9.88 Å². The number of carbonyl (C=O) groups excluding carboxylic acids is 2. The van der Waals surface area contributed by atoms with Gasteiger partial charge in [0.1, 0.15) is 5.75 Å². The van der Waals surface area contributed by atoms with E-state index in [1.807, 2.05) is 32.0 Å². The molecule has 1 amide bonds. The fourth-order valence-electron chi connectivity index (χ4n) is 2.64. The molecule has 0 N–H and O–H groups in total. The Bertz CT molecular complexity index is 745. The fourth-order valence-corrected chi connectivity index (χ4v) is 2.64. The number of hydrogen-bond acceptors (Lipinski definition) is 5. The van der Waals surface area contributed by atoms with Crippen molar-refractivity contribution in [1.29, 1.82) is 0 Å². The Labute approximate surface area is 160 Å². The molecule has 1 aromatic heterocycles. The second-order valence-corrected chi connectivity index (χ2v) is 6.62. The topological polar surface area (TPSA) is 68.7 Å². The third-order valence-corrected chi connectivity index (χ3v) is 3.94. The van der Waals surface area contributed by atoms with Crippen molar-refractivity contribution in [2.24, 2.45) is 5.92 Å². The molecule has 1 heterocycles. The maximum atomic E-state index is 13.0. The van der Waals surface area contributed by atoms with Crippen molar-refractivity contribution in [2.45, 2.75) is 33.4 Å². The summed E-state index contributed by atoms with van der Waals surface area (Å²) >= 11 is 0. The molecule has 0 bridgehead atoms. The second-order valence-electron chi connectivity index (χ2n) is 6.62. The number of esters is 1. The minimum absolute atomic E-state index is 0.0631. The Balaban J connectivity index is 2.20. The number of methoxy groups -OCH3 is 1. The highest BCUT2D eigenvalue weighted by Gasteiger charge is 2.23. The summed E-state index contributed by atoms with van der Waals surface area (Å²) in [6.45, 7) is 6.19. The SMILES string of the molecule is COC(=O)C(C)CN(Cc1ccccn1)C(=O)c1ccc(OC(C)C)cc1. The molecule has 1 unspecified atom stereocenters. The average molecular weight is 370 g/mol. The van der Waals surface area contributed by atoms with Gasteiger partial charge in [-0.2, -0.15) is 0 Å². The molecule has 1 atom stereocenters. The van der Waals surface area contributed by atoms with E-state index in [2.05, 4.69) is 4.98 Å². The first-order valence-corrected chi connectivity index (χ1v) is 8.94. The lowest BCUT2D eigenvalue weighted by molar-refractivity contribution is -0.145. The largest absolute Gasteiger partial charge is 0.491 e. The van der Waals surface area contributed by atoms with E-state index in [1.165, 1.54) is 7.11 Å². The molecule has 0 aliphatic rings. The third kappa shape index (κ3) is 6.09. The van der Waals surface area contributed by atoms with Gasteiger partial charge >= 0.3 is 5.97 Å². The summed E-state index contributed by atoms with van der Waals surface area (Å²) in [5.74, 6) is -0.256. The van der Waals surface area contributed by atoms with Crippen LogP contribution in [-0.4, -0.2) is 41.5 Å². The van der Waals surface area contributed by atoms with Gasteiger partial charge in [-0.25, -0.2) is 0 Å². The average Bonchev–Trinajstić information content (AvgIpc) is 2.67. The number of carbonyl (C=O) groups is 2. The van der Waals surface area contributed by atoms with Crippen LogP contribution in [0.1, 0.15) is 36.8 Å². The zero-order chi connectivity index (χ0) is 19.8. The molecule has 6 nitrogen and oxygen atoms in total. The summed E-state index contributed by atoms with van der Waals surface area (Å²) < 4.78 is 10.4. The summed E-state index contributed by atoms with van der Waals surface area (Å²) in [5.41, 5.74) is 1.28. The maximum absolute atomic E-state index is 13.0. The predicted octanol–water partition coefficient (Wildman–Crippen LogP) is 3.32. The van der Waals surface area contributed by atoms with Crippen LogP contribution in [0.2, 0.25) is 0 Å². The van der Waals surface area contributed by atoms with E-state index in [9.17, 15) is 9.59 Å². The minimum atomic E-state index is -0.439. The summed E-state index contributed by atoms with van der Waals surface area (Å²) in [6.07, 6.45) is 1.74. The van der Waals surface area contributed by atoms with Crippen LogP contribution in [0.25, 0.3) is 0 Å². The number of amides is 1. The molecule has 0 saturated carbocycles. The number of aromatic nitrogens is 1. The summed E-state index contributed by atoms with van der Waals surface area (Å²) in [5, 5.41) is 0. The van der Waals surface area contributed by atoms with E-state index in [-0.39, 0.29) is 24.5 Å². The number of ether oxygens (including phenoxy) is 2. The van der Waals surface area contributed by atoms with E-state index >= 15 is 0 Å². The zero-order valence-corrected chi connectivity index (χ0v) is 16.2. The molecule has 0 aliphatic carbocycles. The molecule has 144 valence electrons. The molecule has 0 aliphatic heterocycles. The van der Waals surface area contributed by atoms with Crippen molar-refractivity contribution in [2.75, 3.05) is 13.7 Å². The molecule has 0 radical (unpaired) electrons. The Morgan fingerprint density at radius 1 is 1.07 bits per heavy atom. The van der Waals surface area contributed by atoms with Crippen molar-refractivity contribution in [3.63, 3.8) is 0 Å². The van der Waals surface area contributed by atoms with E-state index < -0.39 is 5.92 Å². The van der Waals surface area contributed by atoms with Crippen LogP contribution in [0.4, 0.5) is 0 Å². The zero-order valence-electron chi connectivity index (χ0n) is 16.2. The van der Waals surface area contributed by atoms with Gasteiger partial charge in [-0.1, -0.05) is 13.0 Å². The first-order chi connectivity index (χ1) is 12.9. The number of nitrogens with zero attached hydrogens (tertiary/aromatic N) is 2. The van der Waals surface area contributed by atoms with Crippen LogP contribution >= 0.6 is 0 Å². The number of pyridine rings is 1. The third-order valence-electron chi connectivity index (χ3n) is 3.94. The van der Waals surface area contributed by atoms with Gasteiger partial charge in [0.25, 0.3) is 5.91 Å². The van der Waals surface area contributed by atoms with E-state index in [4.69, 9.17) is 9.47 Å². The van der Waals surface area contributed by atoms with Crippen molar-refractivity contribution < 1.29 is 19.1 Å². The van der Waals surface area contributed by atoms with Crippen LogP contribution < -0.4 is 4.74 Å². The fraction of sp³-hybridized carbons (Fsp3) is 0.381. The van der Waals surface area contributed by atoms with Crippen LogP contribution in [0.3, 0.4) is 0 Å². The van der Waals surface area contributed by atoms with Crippen molar-refractivity contribution in [3.05, 3.63) is 59.9 Å². The molecule has 2 rings (SSSR count). The van der Waals surface area contributed by atoms with E-state index in [0.29, 0.717) is 17.9 Å². The quantitative estimate of drug-likeness (QED) is 0.667. The molecule has 0 fully saturated rings. The van der Waals surface area contributed by atoms with Crippen LogP contribution in [0, 0.1) is 5.92 Å². The molecular formula is C21H26N2O4. The molecular weight excluding hydrogens is 344 g/mol. The lowest BCUT2D eigenvalue weighted by Gasteiger charge is -2.25. The standard InChI is InChI=1S/C21H26N2O4/c1-15(2)27-19-10-8-17(9-11-19)20(24)23(13-16(3)21(25)26-4)14-18-7-5-6-12-22-18/h5-12,15-16H,13-14H2,1-4H3. The normalized spacial score (nSPS) is 11.7. The van der Waals surface area contributed by atoms with Gasteiger partial charge in [0, 0.05) is 18.3 Å². The van der Waals surface area contributed by atoms with Gasteiger partial charge in [-0.05, 0) is 50.2 Å². The van der Waals surface area contributed by atoms with Gasteiger partial charge in [-0.3, -0.25) is 14.6 Å². The van der Waals surface area contributed by atoms with Crippen LogP contribution in [0.5, 0.6) is 5.75 Å². The molecule has 2 aromatic rings. The van der Waals surface area contributed by atoms with Gasteiger partial charge in [0.15, 0.2) is 0 Å². The number of rotatable bonds is 8. The second kappa shape index (κ2) is 9.71. The smallest absolute Gasteiger partial charge is 0.310 e. The lowest BCUT2D eigenvalue weighted by Crippen LogP contribution is -2.37. The van der Waals surface area contributed by atoms with Crippen LogP contribution in [0.15, 0.2) is 48.7 Å². The first kappa shape index (κ1) is 20.4. The Kier molecular flexibility index (Phi) is 7.34. The summed E-state index contributed by atoms with van der Waals surface area (Å²) in [4.78, 5) is 30.7. The highest BCUT2D eigenvalue weighted by Crippen LogP contribution is 2.17. The summed E-state index contributed by atoms with van der Waals surface area (Å²) in [7, 11) is 1.34. The monoisotopic (exact) mass is 370 g/mol. The highest BCUT2D eigenvalue weighted by atomic mass is 16.5. The Hall–Kier alpha value is -2.89. The highest BCUT2D eigenvalue weighted by molar-refractivity contribution is 5.94. The van der Waals surface area contributed by atoms with Gasteiger partial charge in [0.2, 0.25) is 0 Å². The summed E-state index contributed by atoms with van der Waals surface area (Å²) in [6, 6.07) is 12.5. The number of benzene rings is 1. The Morgan fingerprint density at radius 2 is 1.78 bits per heavy atom. The molecule has 0 spiro atoms. The van der Waals surface area contributed by atoms with Gasteiger partial charge < -0.3 is 14.4 Å².